The second-order valence-corrected chi connectivity index (χ2v) is 8.85. The standard InChI is InChI=1S/C19H18N2O4S2/c1-21(12-14-5-3-2-4-6-14)27(24,25)17-11-18(26-13-17)19(23)20-15-7-9-16(22)10-8-15/h2-11,13,22H,12H2,1H3,(H,20,23). The molecule has 3 rings (SSSR count). The number of thiophene rings is 1. The molecule has 27 heavy (non-hydrogen) atoms. The van der Waals surface area contributed by atoms with Crippen LogP contribution >= 0.6 is 11.3 Å². The number of anilines is 1. The summed E-state index contributed by atoms with van der Waals surface area (Å²) >= 11 is 1.06. The average Bonchev–Trinajstić information content (AvgIpc) is 3.15. The number of hydrogen-bond donors (Lipinski definition) is 2. The summed E-state index contributed by atoms with van der Waals surface area (Å²) in [5, 5.41) is 13.4. The van der Waals surface area contributed by atoms with Crippen LogP contribution in [0.2, 0.25) is 0 Å². The summed E-state index contributed by atoms with van der Waals surface area (Å²) in [7, 11) is -2.19. The number of nitrogens with zero attached hydrogens (tertiary/aromatic N) is 1. The van der Waals surface area contributed by atoms with Gasteiger partial charge < -0.3 is 10.4 Å². The van der Waals surface area contributed by atoms with Crippen LogP contribution < -0.4 is 5.32 Å². The molecule has 1 aromatic heterocycles. The topological polar surface area (TPSA) is 86.7 Å². The maximum atomic E-state index is 12.7. The molecule has 0 saturated heterocycles. The second-order valence-electron chi connectivity index (χ2n) is 5.89. The summed E-state index contributed by atoms with van der Waals surface area (Å²) < 4.78 is 26.7. The molecule has 0 aliphatic rings. The van der Waals surface area contributed by atoms with Crippen LogP contribution in [0.5, 0.6) is 5.75 Å². The zero-order valence-corrected chi connectivity index (χ0v) is 16.1. The first kappa shape index (κ1) is 19.1. The molecule has 0 fully saturated rings. The number of phenols is 1. The molecule has 2 aromatic carbocycles. The van der Waals surface area contributed by atoms with E-state index in [2.05, 4.69) is 5.32 Å². The van der Waals surface area contributed by atoms with Crippen molar-refractivity contribution in [3.63, 3.8) is 0 Å². The predicted molar refractivity (Wildman–Crippen MR) is 105 cm³/mol. The predicted octanol–water partition coefficient (Wildman–Crippen LogP) is 3.53. The van der Waals surface area contributed by atoms with E-state index < -0.39 is 15.9 Å². The van der Waals surface area contributed by atoms with E-state index in [1.54, 1.807) is 12.1 Å². The van der Waals surface area contributed by atoms with Crippen LogP contribution in [0.4, 0.5) is 5.69 Å². The summed E-state index contributed by atoms with van der Waals surface area (Å²) in [6.45, 7) is 0.244. The Hall–Kier alpha value is -2.68. The van der Waals surface area contributed by atoms with Crippen molar-refractivity contribution >= 4 is 33.0 Å². The number of rotatable bonds is 6. The molecular formula is C19H18N2O4S2. The molecule has 1 heterocycles. The van der Waals surface area contributed by atoms with Gasteiger partial charge in [-0.25, -0.2) is 8.42 Å². The Morgan fingerprint density at radius 1 is 1.11 bits per heavy atom. The lowest BCUT2D eigenvalue weighted by Crippen LogP contribution is -2.26. The third-order valence-electron chi connectivity index (χ3n) is 3.88. The van der Waals surface area contributed by atoms with Gasteiger partial charge in [-0.3, -0.25) is 4.79 Å². The van der Waals surface area contributed by atoms with Gasteiger partial charge in [0.15, 0.2) is 0 Å². The Labute approximate surface area is 161 Å². The number of hydrogen-bond acceptors (Lipinski definition) is 5. The smallest absolute Gasteiger partial charge is 0.265 e. The number of aromatic hydroxyl groups is 1. The number of carbonyl (C=O) groups is 1. The number of amides is 1. The number of benzene rings is 2. The quantitative estimate of drug-likeness (QED) is 0.618. The molecule has 0 unspecified atom stereocenters. The highest BCUT2D eigenvalue weighted by Gasteiger charge is 2.24. The van der Waals surface area contributed by atoms with Gasteiger partial charge in [0, 0.05) is 24.7 Å². The van der Waals surface area contributed by atoms with Crippen LogP contribution in [0.25, 0.3) is 0 Å². The molecule has 0 aliphatic carbocycles. The van der Waals surface area contributed by atoms with Gasteiger partial charge in [-0.2, -0.15) is 4.31 Å². The minimum absolute atomic E-state index is 0.0850. The van der Waals surface area contributed by atoms with E-state index in [1.165, 1.54) is 34.9 Å². The highest BCUT2D eigenvalue weighted by Crippen LogP contribution is 2.24. The van der Waals surface area contributed by atoms with E-state index in [-0.39, 0.29) is 22.1 Å². The van der Waals surface area contributed by atoms with Gasteiger partial charge in [0.1, 0.15) is 5.75 Å². The lowest BCUT2D eigenvalue weighted by atomic mass is 10.2. The first-order valence-corrected chi connectivity index (χ1v) is 10.4. The zero-order valence-electron chi connectivity index (χ0n) is 14.5. The molecule has 0 bridgehead atoms. The lowest BCUT2D eigenvalue weighted by Gasteiger charge is -2.16. The van der Waals surface area contributed by atoms with Gasteiger partial charge >= 0.3 is 0 Å². The van der Waals surface area contributed by atoms with Crippen molar-refractivity contribution in [2.24, 2.45) is 0 Å². The number of carbonyl (C=O) groups excluding carboxylic acids is 1. The Morgan fingerprint density at radius 3 is 2.44 bits per heavy atom. The Bertz CT molecular complexity index is 1030. The maximum absolute atomic E-state index is 12.7. The first-order valence-electron chi connectivity index (χ1n) is 8.05. The van der Waals surface area contributed by atoms with Crippen LogP contribution in [-0.2, 0) is 16.6 Å². The van der Waals surface area contributed by atoms with E-state index in [4.69, 9.17) is 0 Å². The van der Waals surface area contributed by atoms with Crippen LogP contribution in [0.1, 0.15) is 15.2 Å². The van der Waals surface area contributed by atoms with Gasteiger partial charge in [-0.05, 0) is 35.9 Å². The lowest BCUT2D eigenvalue weighted by molar-refractivity contribution is 0.103. The van der Waals surface area contributed by atoms with Crippen LogP contribution in [-0.4, -0.2) is 30.8 Å². The molecule has 0 aliphatic heterocycles. The van der Waals surface area contributed by atoms with Crippen LogP contribution in [0.3, 0.4) is 0 Å². The molecule has 1 amide bonds. The molecule has 0 radical (unpaired) electrons. The average molecular weight is 402 g/mol. The van der Waals surface area contributed by atoms with Gasteiger partial charge in [0.05, 0.1) is 9.77 Å². The van der Waals surface area contributed by atoms with Crippen molar-refractivity contribution in [1.82, 2.24) is 4.31 Å². The third-order valence-corrected chi connectivity index (χ3v) is 6.74. The maximum Gasteiger partial charge on any atom is 0.265 e. The Kier molecular flexibility index (Phi) is 5.59. The summed E-state index contributed by atoms with van der Waals surface area (Å²) in [5.41, 5.74) is 1.39. The molecular weight excluding hydrogens is 384 g/mol. The fraction of sp³-hybridized carbons (Fsp3) is 0.105. The third kappa shape index (κ3) is 4.54. The van der Waals surface area contributed by atoms with Crippen LogP contribution in [0.15, 0.2) is 70.9 Å². The molecule has 0 spiro atoms. The molecule has 2 N–H and O–H groups in total. The molecule has 0 saturated carbocycles. The van der Waals surface area contributed by atoms with Gasteiger partial charge in [0.25, 0.3) is 5.91 Å². The van der Waals surface area contributed by atoms with E-state index in [0.717, 1.165) is 16.9 Å². The Morgan fingerprint density at radius 2 is 1.78 bits per heavy atom. The van der Waals surface area contributed by atoms with Gasteiger partial charge in [0.2, 0.25) is 10.0 Å². The number of sulfonamides is 1. The van der Waals surface area contributed by atoms with Crippen molar-refractivity contribution in [3.8, 4) is 5.75 Å². The summed E-state index contributed by atoms with van der Waals surface area (Å²) in [6, 6.07) is 16.7. The number of nitrogens with one attached hydrogen (secondary N) is 1. The molecule has 140 valence electrons. The van der Waals surface area contributed by atoms with Crippen molar-refractivity contribution in [2.45, 2.75) is 11.4 Å². The van der Waals surface area contributed by atoms with E-state index in [0.29, 0.717) is 5.69 Å². The summed E-state index contributed by atoms with van der Waals surface area (Å²) in [5.74, 6) is -0.309. The highest BCUT2D eigenvalue weighted by atomic mass is 32.2. The van der Waals surface area contributed by atoms with Crippen LogP contribution in [0, 0.1) is 0 Å². The number of phenolic OH excluding ortho intramolecular Hbond substituents is 1. The van der Waals surface area contributed by atoms with E-state index in [1.807, 2.05) is 30.3 Å². The van der Waals surface area contributed by atoms with E-state index in [9.17, 15) is 18.3 Å². The highest BCUT2D eigenvalue weighted by molar-refractivity contribution is 7.89. The molecule has 8 heteroatoms. The molecule has 0 atom stereocenters. The van der Waals surface area contributed by atoms with Crippen molar-refractivity contribution < 1.29 is 18.3 Å². The normalized spacial score (nSPS) is 11.5. The second kappa shape index (κ2) is 7.91. The van der Waals surface area contributed by atoms with Gasteiger partial charge in [-0.15, -0.1) is 11.3 Å². The van der Waals surface area contributed by atoms with Gasteiger partial charge in [-0.1, -0.05) is 30.3 Å². The Balaban J connectivity index is 1.73. The van der Waals surface area contributed by atoms with E-state index >= 15 is 0 Å². The monoisotopic (exact) mass is 402 g/mol. The molecule has 3 aromatic rings. The fourth-order valence-corrected chi connectivity index (χ4v) is 4.73. The first-order chi connectivity index (χ1) is 12.9. The fourth-order valence-electron chi connectivity index (χ4n) is 2.42. The zero-order chi connectivity index (χ0) is 19.4. The largest absolute Gasteiger partial charge is 0.508 e. The molecule has 6 nitrogen and oxygen atoms in total. The summed E-state index contributed by atoms with van der Waals surface area (Å²) in [6.07, 6.45) is 0. The van der Waals surface area contributed by atoms with Crippen molar-refractivity contribution in [1.29, 1.82) is 0 Å². The van der Waals surface area contributed by atoms with Crippen molar-refractivity contribution in [3.05, 3.63) is 76.5 Å². The minimum Gasteiger partial charge on any atom is -0.508 e. The minimum atomic E-state index is -3.70. The SMILES string of the molecule is CN(Cc1ccccc1)S(=O)(=O)c1csc(C(=O)Nc2ccc(O)cc2)c1. The van der Waals surface area contributed by atoms with Crippen molar-refractivity contribution in [2.75, 3.05) is 12.4 Å². The summed E-state index contributed by atoms with van der Waals surface area (Å²) in [4.78, 5) is 12.7.